The third-order valence-corrected chi connectivity index (χ3v) is 2.04. The van der Waals surface area contributed by atoms with E-state index in [4.69, 9.17) is 5.73 Å². The van der Waals surface area contributed by atoms with Crippen LogP contribution >= 0.6 is 0 Å². The van der Waals surface area contributed by atoms with Gasteiger partial charge in [-0.15, -0.1) is 0 Å². The lowest BCUT2D eigenvalue weighted by Crippen LogP contribution is -2.21. The normalized spacial score (nSPS) is 15.9. The van der Waals surface area contributed by atoms with Crippen LogP contribution in [0.1, 0.15) is 24.6 Å². The summed E-state index contributed by atoms with van der Waals surface area (Å²) in [5, 5.41) is 1.83. The van der Waals surface area contributed by atoms with Gasteiger partial charge in [0.25, 0.3) is 0 Å². The minimum atomic E-state index is 0.529. The Morgan fingerprint density at radius 1 is 1.43 bits per heavy atom. The molecular weight excluding hydrogens is 178 g/mol. The third kappa shape index (κ3) is 2.11. The van der Waals surface area contributed by atoms with Gasteiger partial charge < -0.3 is 11.2 Å². The second kappa shape index (κ2) is 3.42. The van der Waals surface area contributed by atoms with Crippen LogP contribution < -0.4 is 11.2 Å². The molecule has 5 heteroatoms. The summed E-state index contributed by atoms with van der Waals surface area (Å²) in [4.78, 5) is 8.60. The first kappa shape index (κ1) is 9.21. The first-order valence-corrected chi connectivity index (χ1v) is 4.73. The Morgan fingerprint density at radius 3 is 2.71 bits per heavy atom. The van der Waals surface area contributed by atoms with Gasteiger partial charge in [0, 0.05) is 26.1 Å². The van der Waals surface area contributed by atoms with Gasteiger partial charge in [-0.05, 0) is 12.8 Å². The van der Waals surface area contributed by atoms with Gasteiger partial charge in [0.2, 0.25) is 0 Å². The summed E-state index contributed by atoms with van der Waals surface area (Å²) in [5.41, 5.74) is 8.76. The van der Waals surface area contributed by atoms with Crippen molar-refractivity contribution in [2.45, 2.75) is 18.8 Å². The average molecular weight is 193 g/mol. The molecule has 0 aliphatic heterocycles. The SMILES string of the molecule is CN(C)Nc1cc(N)nc(C2CC2)n1. The lowest BCUT2D eigenvalue weighted by molar-refractivity contribution is 0.491. The molecular formula is C9H15N5. The van der Waals surface area contributed by atoms with E-state index in [1.807, 2.05) is 19.1 Å². The fourth-order valence-electron chi connectivity index (χ4n) is 1.30. The van der Waals surface area contributed by atoms with Gasteiger partial charge in [0.1, 0.15) is 17.5 Å². The lowest BCUT2D eigenvalue weighted by Gasteiger charge is -2.13. The number of nitrogens with one attached hydrogen (secondary N) is 1. The van der Waals surface area contributed by atoms with Crippen molar-refractivity contribution >= 4 is 11.6 Å². The molecule has 1 aromatic heterocycles. The first-order valence-electron chi connectivity index (χ1n) is 4.73. The monoisotopic (exact) mass is 193 g/mol. The van der Waals surface area contributed by atoms with Gasteiger partial charge in [-0.3, -0.25) is 0 Å². The van der Waals surface area contributed by atoms with E-state index >= 15 is 0 Å². The highest BCUT2D eigenvalue weighted by Gasteiger charge is 2.27. The Kier molecular flexibility index (Phi) is 2.25. The molecule has 0 bridgehead atoms. The van der Waals surface area contributed by atoms with Gasteiger partial charge >= 0.3 is 0 Å². The van der Waals surface area contributed by atoms with Crippen molar-refractivity contribution in [2.75, 3.05) is 25.3 Å². The van der Waals surface area contributed by atoms with Crippen LogP contribution in [0.5, 0.6) is 0 Å². The number of hydrogen-bond donors (Lipinski definition) is 2. The topological polar surface area (TPSA) is 67.1 Å². The summed E-state index contributed by atoms with van der Waals surface area (Å²) in [7, 11) is 3.82. The van der Waals surface area contributed by atoms with E-state index in [-0.39, 0.29) is 0 Å². The second-order valence-corrected chi connectivity index (χ2v) is 3.82. The van der Waals surface area contributed by atoms with Crippen LogP contribution in [0.25, 0.3) is 0 Å². The van der Waals surface area contributed by atoms with Crippen LogP contribution in [-0.2, 0) is 0 Å². The Hall–Kier alpha value is -1.36. The highest BCUT2D eigenvalue weighted by molar-refractivity contribution is 5.44. The minimum Gasteiger partial charge on any atom is -0.384 e. The largest absolute Gasteiger partial charge is 0.384 e. The Bertz CT molecular complexity index is 332. The minimum absolute atomic E-state index is 0.529. The maximum Gasteiger partial charge on any atom is 0.146 e. The highest BCUT2D eigenvalue weighted by atomic mass is 15.5. The molecule has 0 unspecified atom stereocenters. The van der Waals surface area contributed by atoms with E-state index in [9.17, 15) is 0 Å². The Labute approximate surface area is 83.3 Å². The van der Waals surface area contributed by atoms with Crippen molar-refractivity contribution in [1.82, 2.24) is 15.0 Å². The molecule has 0 radical (unpaired) electrons. The fraction of sp³-hybridized carbons (Fsp3) is 0.556. The quantitative estimate of drug-likeness (QED) is 0.696. The average Bonchev–Trinajstić information content (AvgIpc) is 2.82. The molecule has 76 valence electrons. The van der Waals surface area contributed by atoms with E-state index in [0.717, 1.165) is 11.6 Å². The van der Waals surface area contributed by atoms with Gasteiger partial charge in [0.15, 0.2) is 0 Å². The zero-order valence-electron chi connectivity index (χ0n) is 8.49. The zero-order valence-corrected chi connectivity index (χ0v) is 8.49. The number of nitrogens with zero attached hydrogens (tertiary/aromatic N) is 3. The van der Waals surface area contributed by atoms with Crippen molar-refractivity contribution < 1.29 is 0 Å². The van der Waals surface area contributed by atoms with Crippen LogP contribution in [0.2, 0.25) is 0 Å². The number of aromatic nitrogens is 2. The summed E-state index contributed by atoms with van der Waals surface area (Å²) in [6.45, 7) is 0. The molecule has 1 saturated carbocycles. The van der Waals surface area contributed by atoms with E-state index in [0.29, 0.717) is 11.7 Å². The molecule has 1 aliphatic carbocycles. The van der Waals surface area contributed by atoms with Crippen molar-refractivity contribution in [3.63, 3.8) is 0 Å². The molecule has 3 N–H and O–H groups in total. The summed E-state index contributed by atoms with van der Waals surface area (Å²) < 4.78 is 0. The number of nitrogens with two attached hydrogens (primary N) is 1. The number of anilines is 2. The summed E-state index contributed by atoms with van der Waals surface area (Å²) in [6, 6.07) is 1.74. The molecule has 1 aliphatic rings. The number of rotatable bonds is 3. The molecule has 0 spiro atoms. The summed E-state index contributed by atoms with van der Waals surface area (Å²) in [5.74, 6) is 2.70. The zero-order chi connectivity index (χ0) is 10.1. The van der Waals surface area contributed by atoms with Crippen molar-refractivity contribution in [2.24, 2.45) is 0 Å². The molecule has 5 nitrogen and oxygen atoms in total. The Balaban J connectivity index is 2.22. The molecule has 0 saturated heterocycles. The first-order chi connectivity index (χ1) is 6.65. The van der Waals surface area contributed by atoms with Crippen molar-refractivity contribution in [3.05, 3.63) is 11.9 Å². The number of hydrogen-bond acceptors (Lipinski definition) is 5. The van der Waals surface area contributed by atoms with Crippen molar-refractivity contribution in [3.8, 4) is 0 Å². The van der Waals surface area contributed by atoms with Crippen molar-refractivity contribution in [1.29, 1.82) is 0 Å². The van der Waals surface area contributed by atoms with E-state index in [1.165, 1.54) is 12.8 Å². The third-order valence-electron chi connectivity index (χ3n) is 2.04. The molecule has 0 amide bonds. The van der Waals surface area contributed by atoms with E-state index < -0.39 is 0 Å². The van der Waals surface area contributed by atoms with Crippen LogP contribution in [0, 0.1) is 0 Å². The number of nitrogen functional groups attached to an aromatic ring is 1. The summed E-state index contributed by atoms with van der Waals surface area (Å²) in [6.07, 6.45) is 2.37. The maximum absolute atomic E-state index is 5.69. The van der Waals surface area contributed by atoms with Gasteiger partial charge in [-0.1, -0.05) is 0 Å². The highest BCUT2D eigenvalue weighted by Crippen LogP contribution is 2.38. The smallest absolute Gasteiger partial charge is 0.146 e. The van der Waals surface area contributed by atoms with Gasteiger partial charge in [-0.2, -0.15) is 0 Å². The van der Waals surface area contributed by atoms with Gasteiger partial charge in [0.05, 0.1) is 0 Å². The standard InChI is InChI=1S/C9H15N5/c1-14(2)13-8-5-7(10)11-9(12-8)6-3-4-6/h5-6H,3-4H2,1-2H3,(H3,10,11,12,13). The molecule has 1 fully saturated rings. The summed E-state index contributed by atoms with van der Waals surface area (Å²) >= 11 is 0. The lowest BCUT2D eigenvalue weighted by atomic mass is 10.4. The molecule has 1 aromatic rings. The fourth-order valence-corrected chi connectivity index (χ4v) is 1.30. The van der Waals surface area contributed by atoms with Crippen LogP contribution in [0.15, 0.2) is 6.07 Å². The van der Waals surface area contributed by atoms with Gasteiger partial charge in [-0.25, -0.2) is 15.0 Å². The predicted molar refractivity (Wildman–Crippen MR) is 55.7 cm³/mol. The molecule has 1 heterocycles. The maximum atomic E-state index is 5.69. The predicted octanol–water partition coefficient (Wildman–Crippen LogP) is 0.825. The molecule has 2 rings (SSSR count). The molecule has 0 aromatic carbocycles. The van der Waals surface area contributed by atoms with Crippen LogP contribution in [-0.4, -0.2) is 29.1 Å². The molecule has 14 heavy (non-hydrogen) atoms. The second-order valence-electron chi connectivity index (χ2n) is 3.82. The van der Waals surface area contributed by atoms with Crippen LogP contribution in [0.4, 0.5) is 11.6 Å². The molecule has 0 atom stereocenters. The van der Waals surface area contributed by atoms with E-state index in [1.54, 1.807) is 6.07 Å². The number of hydrazine groups is 1. The Morgan fingerprint density at radius 2 is 2.14 bits per heavy atom. The van der Waals surface area contributed by atoms with Crippen LogP contribution in [0.3, 0.4) is 0 Å². The van der Waals surface area contributed by atoms with E-state index in [2.05, 4.69) is 15.4 Å².